The number of nitrogens with two attached hydrogens (primary N) is 1. The summed E-state index contributed by atoms with van der Waals surface area (Å²) in [6.07, 6.45) is 0.545. The maximum absolute atomic E-state index is 11.6. The lowest BCUT2D eigenvalue weighted by molar-refractivity contribution is 0.572. The lowest BCUT2D eigenvalue weighted by Gasteiger charge is -2.25. The number of hydrogen-bond donors (Lipinski definition) is 2. The maximum atomic E-state index is 11.6. The third-order valence-corrected chi connectivity index (χ3v) is 5.42. The molecular formula is C13H16N4O2S. The first-order chi connectivity index (χ1) is 9.37. The van der Waals surface area contributed by atoms with Gasteiger partial charge in [0.2, 0.25) is 0 Å². The normalized spacial score (nSPS) is 24.9. The Labute approximate surface area is 117 Å². The zero-order chi connectivity index (χ0) is 14.4. The summed E-state index contributed by atoms with van der Waals surface area (Å²) in [5, 5.41) is 3.16. The summed E-state index contributed by atoms with van der Waals surface area (Å²) in [6.45, 7) is 1.87. The molecule has 6 nitrogen and oxygen atoms in total. The monoisotopic (exact) mass is 292 g/mol. The summed E-state index contributed by atoms with van der Waals surface area (Å²) in [6, 6.07) is 7.43. The first-order valence-electron chi connectivity index (χ1n) is 6.38. The number of sulfone groups is 1. The zero-order valence-corrected chi connectivity index (χ0v) is 11.9. The summed E-state index contributed by atoms with van der Waals surface area (Å²) < 4.78 is 23.3. The van der Waals surface area contributed by atoms with E-state index in [2.05, 4.69) is 15.3 Å². The van der Waals surface area contributed by atoms with Crippen LogP contribution in [0.1, 0.15) is 13.3 Å². The Kier molecular flexibility index (Phi) is 2.82. The van der Waals surface area contributed by atoms with E-state index < -0.39 is 15.4 Å². The van der Waals surface area contributed by atoms with Crippen molar-refractivity contribution in [1.82, 2.24) is 9.97 Å². The van der Waals surface area contributed by atoms with Crippen LogP contribution in [0.5, 0.6) is 0 Å². The van der Waals surface area contributed by atoms with Gasteiger partial charge in [-0.1, -0.05) is 12.1 Å². The van der Waals surface area contributed by atoms with Gasteiger partial charge in [0.1, 0.15) is 0 Å². The second kappa shape index (κ2) is 4.31. The van der Waals surface area contributed by atoms with Crippen LogP contribution in [0.25, 0.3) is 11.0 Å². The van der Waals surface area contributed by atoms with Crippen molar-refractivity contribution in [3.8, 4) is 0 Å². The Morgan fingerprint density at radius 1 is 1.25 bits per heavy atom. The van der Waals surface area contributed by atoms with Crippen molar-refractivity contribution < 1.29 is 8.42 Å². The number of aromatic nitrogens is 2. The van der Waals surface area contributed by atoms with E-state index in [9.17, 15) is 8.42 Å². The van der Waals surface area contributed by atoms with Gasteiger partial charge in [-0.2, -0.15) is 0 Å². The molecule has 1 atom stereocenters. The van der Waals surface area contributed by atoms with Crippen LogP contribution in [0, 0.1) is 0 Å². The first kappa shape index (κ1) is 13.1. The Bertz CT molecular complexity index is 775. The second-order valence-electron chi connectivity index (χ2n) is 5.47. The molecule has 0 bridgehead atoms. The maximum Gasteiger partial charge on any atom is 0.170 e. The predicted molar refractivity (Wildman–Crippen MR) is 79.2 cm³/mol. The van der Waals surface area contributed by atoms with Crippen LogP contribution >= 0.6 is 0 Å². The quantitative estimate of drug-likeness (QED) is 0.863. The standard InChI is InChI=1S/C13H16N4O2S/c1-13(6-7-20(18,19)8-13)17-12-11(14)15-9-4-2-3-5-10(9)16-12/h2-5H,6-8H2,1H3,(H2,14,15)(H,16,17). The molecule has 0 spiro atoms. The lowest BCUT2D eigenvalue weighted by Crippen LogP contribution is -2.36. The van der Waals surface area contributed by atoms with E-state index in [0.717, 1.165) is 11.0 Å². The van der Waals surface area contributed by atoms with Gasteiger partial charge in [0.25, 0.3) is 0 Å². The average Bonchev–Trinajstić information content (AvgIpc) is 2.64. The van der Waals surface area contributed by atoms with Crippen molar-refractivity contribution in [3.05, 3.63) is 24.3 Å². The van der Waals surface area contributed by atoms with Crippen LogP contribution in [0.15, 0.2) is 24.3 Å². The molecule has 3 N–H and O–H groups in total. The smallest absolute Gasteiger partial charge is 0.170 e. The lowest BCUT2D eigenvalue weighted by atomic mass is 10.0. The van der Waals surface area contributed by atoms with E-state index >= 15 is 0 Å². The van der Waals surface area contributed by atoms with Crippen LogP contribution in [-0.2, 0) is 9.84 Å². The van der Waals surface area contributed by atoms with Crippen LogP contribution < -0.4 is 11.1 Å². The summed E-state index contributed by atoms with van der Waals surface area (Å²) in [4.78, 5) is 8.73. The molecule has 0 aliphatic carbocycles. The van der Waals surface area contributed by atoms with Crippen molar-refractivity contribution in [1.29, 1.82) is 0 Å². The van der Waals surface area contributed by atoms with Crippen LogP contribution in [0.2, 0.25) is 0 Å². The molecule has 0 saturated carbocycles. The molecule has 2 heterocycles. The molecule has 1 unspecified atom stereocenters. The Hall–Kier alpha value is -1.89. The average molecular weight is 292 g/mol. The SMILES string of the molecule is CC1(Nc2nc3ccccc3nc2N)CCS(=O)(=O)C1. The van der Waals surface area contributed by atoms with Crippen molar-refractivity contribution in [2.24, 2.45) is 0 Å². The number of nitrogen functional groups attached to an aromatic ring is 1. The van der Waals surface area contributed by atoms with Gasteiger partial charge < -0.3 is 11.1 Å². The highest BCUT2D eigenvalue weighted by molar-refractivity contribution is 7.91. The van der Waals surface area contributed by atoms with Gasteiger partial charge in [-0.05, 0) is 25.5 Å². The molecule has 1 aromatic heterocycles. The molecule has 1 saturated heterocycles. The van der Waals surface area contributed by atoms with Crippen molar-refractivity contribution >= 4 is 32.5 Å². The topological polar surface area (TPSA) is 98.0 Å². The fourth-order valence-electron chi connectivity index (χ4n) is 2.50. The zero-order valence-electron chi connectivity index (χ0n) is 11.1. The van der Waals surface area contributed by atoms with Crippen molar-refractivity contribution in [2.45, 2.75) is 18.9 Å². The van der Waals surface area contributed by atoms with Gasteiger partial charge >= 0.3 is 0 Å². The predicted octanol–water partition coefficient (Wildman–Crippen LogP) is 1.20. The number of nitrogens with zero attached hydrogens (tertiary/aromatic N) is 2. The van der Waals surface area contributed by atoms with Gasteiger partial charge in [0, 0.05) is 0 Å². The number of fused-ring (bicyclic) bond motifs is 1. The van der Waals surface area contributed by atoms with Crippen LogP contribution in [-0.4, -0.2) is 35.4 Å². The number of anilines is 2. The minimum absolute atomic E-state index is 0.0912. The Morgan fingerprint density at radius 3 is 2.50 bits per heavy atom. The molecule has 7 heteroatoms. The van der Waals surface area contributed by atoms with E-state index in [4.69, 9.17) is 5.73 Å². The third kappa shape index (κ3) is 2.40. The highest BCUT2D eigenvalue weighted by Gasteiger charge is 2.39. The largest absolute Gasteiger partial charge is 0.381 e. The van der Waals surface area contributed by atoms with E-state index in [1.54, 1.807) is 0 Å². The van der Waals surface area contributed by atoms with E-state index in [0.29, 0.717) is 12.2 Å². The number of hydrogen-bond acceptors (Lipinski definition) is 6. The Morgan fingerprint density at radius 2 is 1.90 bits per heavy atom. The summed E-state index contributed by atoms with van der Waals surface area (Å²) in [7, 11) is -2.98. The highest BCUT2D eigenvalue weighted by Crippen LogP contribution is 2.29. The minimum atomic E-state index is -2.98. The fraction of sp³-hybridized carbons (Fsp3) is 0.385. The Balaban J connectivity index is 1.97. The van der Waals surface area contributed by atoms with Gasteiger partial charge in [-0.3, -0.25) is 0 Å². The van der Waals surface area contributed by atoms with Crippen LogP contribution in [0.4, 0.5) is 11.6 Å². The molecule has 1 fully saturated rings. The third-order valence-electron chi connectivity index (χ3n) is 3.52. The highest BCUT2D eigenvalue weighted by atomic mass is 32.2. The molecule has 1 aliphatic heterocycles. The van der Waals surface area contributed by atoms with Crippen molar-refractivity contribution in [2.75, 3.05) is 22.6 Å². The second-order valence-corrected chi connectivity index (χ2v) is 7.66. The van der Waals surface area contributed by atoms with Crippen LogP contribution in [0.3, 0.4) is 0 Å². The summed E-state index contributed by atoms with van der Waals surface area (Å²) in [5.41, 5.74) is 6.82. The molecular weight excluding hydrogens is 276 g/mol. The molecule has 20 heavy (non-hydrogen) atoms. The van der Waals surface area contributed by atoms with Gasteiger partial charge in [0.15, 0.2) is 21.5 Å². The molecule has 3 rings (SSSR count). The molecule has 2 aromatic rings. The molecule has 0 amide bonds. The first-order valence-corrected chi connectivity index (χ1v) is 8.20. The van der Waals surface area contributed by atoms with Crippen molar-refractivity contribution in [3.63, 3.8) is 0 Å². The van der Waals surface area contributed by atoms with Gasteiger partial charge in [-0.25, -0.2) is 18.4 Å². The molecule has 0 radical (unpaired) electrons. The molecule has 106 valence electrons. The summed E-state index contributed by atoms with van der Waals surface area (Å²) >= 11 is 0. The fourth-order valence-corrected chi connectivity index (χ4v) is 4.59. The number of para-hydroxylation sites is 2. The number of rotatable bonds is 2. The van der Waals surface area contributed by atoms with E-state index in [1.807, 2.05) is 31.2 Å². The van der Waals surface area contributed by atoms with Gasteiger partial charge in [0.05, 0.1) is 28.1 Å². The molecule has 1 aliphatic rings. The summed E-state index contributed by atoms with van der Waals surface area (Å²) in [5.74, 6) is 1.02. The molecule has 1 aromatic carbocycles. The van der Waals surface area contributed by atoms with E-state index in [-0.39, 0.29) is 17.3 Å². The minimum Gasteiger partial charge on any atom is -0.381 e. The van der Waals surface area contributed by atoms with Gasteiger partial charge in [-0.15, -0.1) is 0 Å². The number of benzene rings is 1. The van der Waals surface area contributed by atoms with E-state index in [1.165, 1.54) is 0 Å². The number of nitrogens with one attached hydrogen (secondary N) is 1.